The molecule has 15 heavy (non-hydrogen) atoms. The molecular weight excluding hydrogens is 196 g/mol. The molecule has 0 radical (unpaired) electrons. The number of ether oxygens (including phenoxy) is 2. The second-order valence-electron chi connectivity index (χ2n) is 2.52. The number of allylic oxidation sites excluding steroid dienone is 1. The van der Waals surface area contributed by atoms with Crippen molar-refractivity contribution >= 4 is 5.97 Å². The van der Waals surface area contributed by atoms with Crippen LogP contribution in [0, 0.1) is 22.7 Å². The molecule has 0 saturated heterocycles. The van der Waals surface area contributed by atoms with E-state index >= 15 is 0 Å². The number of rotatable bonds is 5. The van der Waals surface area contributed by atoms with E-state index in [1.165, 1.54) is 6.92 Å². The van der Waals surface area contributed by atoms with Crippen LogP contribution < -0.4 is 0 Å². The minimum absolute atomic E-state index is 0.0140. The molecule has 0 aliphatic heterocycles. The Hall–Kier alpha value is -2.01. The van der Waals surface area contributed by atoms with Gasteiger partial charge in [-0.3, -0.25) is 0 Å². The summed E-state index contributed by atoms with van der Waals surface area (Å²) in [4.78, 5) is 11.3. The summed E-state index contributed by atoms with van der Waals surface area (Å²) < 4.78 is 9.69. The zero-order valence-electron chi connectivity index (χ0n) is 8.74. The molecule has 0 rings (SSSR count). The van der Waals surface area contributed by atoms with E-state index in [4.69, 9.17) is 15.3 Å². The van der Waals surface area contributed by atoms with Crippen LogP contribution in [0.2, 0.25) is 0 Å². The van der Waals surface area contributed by atoms with E-state index in [-0.39, 0.29) is 24.4 Å². The summed E-state index contributed by atoms with van der Waals surface area (Å²) in [6.45, 7) is 3.63. The first-order chi connectivity index (χ1) is 7.17. The summed E-state index contributed by atoms with van der Waals surface area (Å²) in [5, 5.41) is 16.9. The number of carbonyl (C=O) groups excluding carboxylic acids is 1. The average molecular weight is 208 g/mol. The molecule has 0 aromatic heterocycles. The SMILES string of the molecule is CCO/C(C)=C(/C#N)C(=O)OCCC#N. The van der Waals surface area contributed by atoms with Gasteiger partial charge in [0, 0.05) is 0 Å². The van der Waals surface area contributed by atoms with E-state index in [0.29, 0.717) is 6.61 Å². The van der Waals surface area contributed by atoms with E-state index in [1.807, 2.05) is 6.07 Å². The summed E-state index contributed by atoms with van der Waals surface area (Å²) in [7, 11) is 0. The van der Waals surface area contributed by atoms with Crippen molar-refractivity contribution in [3.8, 4) is 12.1 Å². The van der Waals surface area contributed by atoms with Crippen LogP contribution in [0.25, 0.3) is 0 Å². The van der Waals surface area contributed by atoms with Gasteiger partial charge in [0.2, 0.25) is 0 Å². The van der Waals surface area contributed by atoms with Crippen molar-refractivity contribution in [2.45, 2.75) is 20.3 Å². The topological polar surface area (TPSA) is 83.1 Å². The Kier molecular flexibility index (Phi) is 6.41. The molecule has 5 nitrogen and oxygen atoms in total. The molecule has 0 aromatic rings. The van der Waals surface area contributed by atoms with E-state index in [9.17, 15) is 4.79 Å². The lowest BCUT2D eigenvalue weighted by molar-refractivity contribution is -0.138. The smallest absolute Gasteiger partial charge is 0.352 e. The lowest BCUT2D eigenvalue weighted by Crippen LogP contribution is -2.10. The fraction of sp³-hybridized carbons (Fsp3) is 0.500. The minimum atomic E-state index is -0.751. The van der Waals surface area contributed by atoms with Gasteiger partial charge in [-0.1, -0.05) is 0 Å². The van der Waals surface area contributed by atoms with Gasteiger partial charge in [-0.05, 0) is 13.8 Å². The number of nitrogens with zero attached hydrogens (tertiary/aromatic N) is 2. The molecule has 0 atom stereocenters. The molecule has 0 fully saturated rings. The first-order valence-corrected chi connectivity index (χ1v) is 4.45. The van der Waals surface area contributed by atoms with Gasteiger partial charge in [0.15, 0.2) is 5.57 Å². The lowest BCUT2D eigenvalue weighted by Gasteiger charge is -2.05. The van der Waals surface area contributed by atoms with Crippen molar-refractivity contribution < 1.29 is 14.3 Å². The highest BCUT2D eigenvalue weighted by Crippen LogP contribution is 2.07. The normalized spacial score (nSPS) is 10.7. The third-order valence-corrected chi connectivity index (χ3v) is 1.48. The highest BCUT2D eigenvalue weighted by atomic mass is 16.5. The standard InChI is InChI=1S/C10H12N2O3/c1-3-14-8(2)9(7-12)10(13)15-6-4-5-11/h3-4,6H2,1-2H3/b9-8-. The highest BCUT2D eigenvalue weighted by molar-refractivity contribution is 5.93. The first-order valence-electron chi connectivity index (χ1n) is 4.45. The zero-order valence-corrected chi connectivity index (χ0v) is 8.74. The molecule has 0 spiro atoms. The first kappa shape index (κ1) is 13.0. The van der Waals surface area contributed by atoms with Gasteiger partial charge in [-0.2, -0.15) is 10.5 Å². The molecule has 0 heterocycles. The van der Waals surface area contributed by atoms with Gasteiger partial charge in [0.25, 0.3) is 0 Å². The summed E-state index contributed by atoms with van der Waals surface area (Å²) in [6, 6.07) is 3.54. The van der Waals surface area contributed by atoms with Crippen molar-refractivity contribution in [3.63, 3.8) is 0 Å². The van der Waals surface area contributed by atoms with Gasteiger partial charge in [-0.25, -0.2) is 4.79 Å². The average Bonchev–Trinajstić information content (AvgIpc) is 2.19. The Morgan fingerprint density at radius 3 is 2.47 bits per heavy atom. The quantitative estimate of drug-likeness (QED) is 0.223. The summed E-state index contributed by atoms with van der Waals surface area (Å²) in [5.41, 5.74) is -0.158. The number of esters is 1. The summed E-state index contributed by atoms with van der Waals surface area (Å²) >= 11 is 0. The molecule has 0 saturated carbocycles. The van der Waals surface area contributed by atoms with Gasteiger partial charge >= 0.3 is 5.97 Å². The van der Waals surface area contributed by atoms with Crippen LogP contribution in [0.5, 0.6) is 0 Å². The number of hydrogen-bond acceptors (Lipinski definition) is 5. The Morgan fingerprint density at radius 1 is 1.33 bits per heavy atom. The summed E-state index contributed by atoms with van der Waals surface area (Å²) in [6.07, 6.45) is 0.109. The highest BCUT2D eigenvalue weighted by Gasteiger charge is 2.14. The zero-order chi connectivity index (χ0) is 11.7. The molecule has 0 bridgehead atoms. The van der Waals surface area contributed by atoms with Crippen molar-refractivity contribution in [1.29, 1.82) is 10.5 Å². The Balaban J connectivity index is 4.43. The molecule has 5 heteroatoms. The van der Waals surface area contributed by atoms with Crippen molar-refractivity contribution in [2.24, 2.45) is 0 Å². The van der Waals surface area contributed by atoms with Crippen LogP contribution in [0.4, 0.5) is 0 Å². The Morgan fingerprint density at radius 2 is 2.00 bits per heavy atom. The maximum Gasteiger partial charge on any atom is 0.352 e. The van der Waals surface area contributed by atoms with Crippen LogP contribution >= 0.6 is 0 Å². The van der Waals surface area contributed by atoms with Crippen LogP contribution in [-0.4, -0.2) is 19.2 Å². The molecule has 0 aromatic carbocycles. The fourth-order valence-electron chi connectivity index (χ4n) is 0.818. The molecule has 0 aliphatic carbocycles. The molecule has 0 aliphatic rings. The maximum absolute atomic E-state index is 11.3. The Bertz CT molecular complexity index is 334. The molecule has 80 valence electrons. The lowest BCUT2D eigenvalue weighted by atomic mass is 10.2. The van der Waals surface area contributed by atoms with Crippen molar-refractivity contribution in [1.82, 2.24) is 0 Å². The minimum Gasteiger partial charge on any atom is -0.497 e. The largest absolute Gasteiger partial charge is 0.497 e. The van der Waals surface area contributed by atoms with E-state index < -0.39 is 5.97 Å². The second-order valence-corrected chi connectivity index (χ2v) is 2.52. The third-order valence-electron chi connectivity index (χ3n) is 1.48. The van der Waals surface area contributed by atoms with E-state index in [2.05, 4.69) is 4.74 Å². The van der Waals surface area contributed by atoms with Crippen LogP contribution in [0.3, 0.4) is 0 Å². The van der Waals surface area contributed by atoms with Gasteiger partial charge in [0.1, 0.15) is 18.4 Å². The number of hydrogen-bond donors (Lipinski definition) is 0. The van der Waals surface area contributed by atoms with Crippen molar-refractivity contribution in [3.05, 3.63) is 11.3 Å². The molecule has 0 unspecified atom stereocenters. The third kappa shape index (κ3) is 4.68. The number of nitriles is 2. The van der Waals surface area contributed by atoms with Crippen LogP contribution in [0.15, 0.2) is 11.3 Å². The Labute approximate surface area is 88.5 Å². The van der Waals surface area contributed by atoms with Gasteiger partial charge < -0.3 is 9.47 Å². The second kappa shape index (κ2) is 7.40. The number of carbonyl (C=O) groups is 1. The van der Waals surface area contributed by atoms with Crippen LogP contribution in [-0.2, 0) is 14.3 Å². The van der Waals surface area contributed by atoms with Crippen molar-refractivity contribution in [2.75, 3.05) is 13.2 Å². The monoisotopic (exact) mass is 208 g/mol. The molecule has 0 amide bonds. The van der Waals surface area contributed by atoms with Crippen LogP contribution in [0.1, 0.15) is 20.3 Å². The fourth-order valence-corrected chi connectivity index (χ4v) is 0.818. The van der Waals surface area contributed by atoms with E-state index in [1.54, 1.807) is 13.0 Å². The predicted octanol–water partition coefficient (Wildman–Crippen LogP) is 1.28. The van der Waals surface area contributed by atoms with Gasteiger partial charge in [-0.15, -0.1) is 0 Å². The van der Waals surface area contributed by atoms with E-state index in [0.717, 1.165) is 0 Å². The molecular formula is C10H12N2O3. The van der Waals surface area contributed by atoms with Gasteiger partial charge in [0.05, 0.1) is 19.1 Å². The maximum atomic E-state index is 11.3. The molecule has 0 N–H and O–H groups in total. The summed E-state index contributed by atoms with van der Waals surface area (Å²) in [5.74, 6) is -0.513. The predicted molar refractivity (Wildman–Crippen MR) is 51.1 cm³/mol.